The highest BCUT2D eigenvalue weighted by molar-refractivity contribution is 7.16. The minimum Gasteiger partial charge on any atom is -0.493 e. The first kappa shape index (κ1) is 21.1. The van der Waals surface area contributed by atoms with Crippen molar-refractivity contribution in [2.45, 2.75) is 33.9 Å². The van der Waals surface area contributed by atoms with Crippen molar-refractivity contribution in [1.82, 2.24) is 14.3 Å². The topological polar surface area (TPSA) is 79.9 Å². The number of carbonyl (C=O) groups is 1. The number of hydrogen-bond donors (Lipinski definition) is 0. The Labute approximate surface area is 173 Å². The monoisotopic (exact) mass is 418 g/mol. The van der Waals surface area contributed by atoms with Gasteiger partial charge in [-0.15, -0.1) is 0 Å². The molecule has 1 amide bonds. The van der Waals surface area contributed by atoms with Crippen LogP contribution in [0, 0.1) is 6.92 Å². The molecule has 0 aliphatic heterocycles. The molecule has 0 fully saturated rings. The molecule has 0 unspecified atom stereocenters. The molecule has 0 bridgehead atoms. The molecule has 2 heterocycles. The number of nitrogens with zero attached hydrogens (tertiary/aromatic N) is 4. The van der Waals surface area contributed by atoms with Crippen LogP contribution < -0.4 is 14.3 Å². The average Bonchev–Trinajstić information content (AvgIpc) is 3.26. The van der Waals surface area contributed by atoms with Gasteiger partial charge < -0.3 is 18.8 Å². The number of thiazole rings is 1. The molecule has 8 nitrogen and oxygen atoms in total. The van der Waals surface area contributed by atoms with Crippen LogP contribution in [0.25, 0.3) is 10.2 Å². The van der Waals surface area contributed by atoms with Gasteiger partial charge in [0.15, 0.2) is 22.0 Å². The number of hydrogen-bond acceptors (Lipinski definition) is 6. The highest BCUT2D eigenvalue weighted by Crippen LogP contribution is 2.33. The van der Waals surface area contributed by atoms with Crippen molar-refractivity contribution in [2.75, 3.05) is 27.4 Å². The van der Waals surface area contributed by atoms with Crippen LogP contribution in [0.1, 0.15) is 30.0 Å². The number of amides is 1. The number of aromatic nitrogens is 3. The Kier molecular flexibility index (Phi) is 6.71. The molecule has 0 aliphatic rings. The molecule has 0 N–H and O–H groups in total. The van der Waals surface area contributed by atoms with Crippen molar-refractivity contribution in [3.8, 4) is 11.5 Å². The first-order valence-electron chi connectivity index (χ1n) is 9.48. The van der Waals surface area contributed by atoms with Gasteiger partial charge in [0.2, 0.25) is 0 Å². The summed E-state index contributed by atoms with van der Waals surface area (Å²) in [5.41, 5.74) is 2.18. The Morgan fingerprint density at radius 1 is 1.17 bits per heavy atom. The average molecular weight is 419 g/mol. The lowest BCUT2D eigenvalue weighted by atomic mass is 10.3. The molecule has 2 aromatic heterocycles. The van der Waals surface area contributed by atoms with Gasteiger partial charge in [0.05, 0.1) is 31.0 Å². The van der Waals surface area contributed by atoms with E-state index in [4.69, 9.17) is 14.2 Å². The summed E-state index contributed by atoms with van der Waals surface area (Å²) >= 11 is 1.42. The van der Waals surface area contributed by atoms with E-state index in [-0.39, 0.29) is 5.91 Å². The summed E-state index contributed by atoms with van der Waals surface area (Å²) < 4.78 is 21.1. The van der Waals surface area contributed by atoms with Crippen molar-refractivity contribution >= 4 is 27.5 Å². The van der Waals surface area contributed by atoms with Crippen LogP contribution in [0.3, 0.4) is 0 Å². The Hall–Kier alpha value is -2.65. The number of methoxy groups -OCH3 is 2. The fourth-order valence-electron chi connectivity index (χ4n) is 3.08. The summed E-state index contributed by atoms with van der Waals surface area (Å²) in [7, 11) is 3.20. The number of fused-ring (bicyclic) bond motifs is 1. The number of rotatable bonds is 8. The third kappa shape index (κ3) is 4.35. The van der Waals surface area contributed by atoms with Crippen molar-refractivity contribution in [3.63, 3.8) is 0 Å². The van der Waals surface area contributed by atoms with E-state index in [9.17, 15) is 4.79 Å². The zero-order valence-electron chi connectivity index (χ0n) is 17.4. The van der Waals surface area contributed by atoms with E-state index >= 15 is 0 Å². The zero-order valence-corrected chi connectivity index (χ0v) is 18.2. The van der Waals surface area contributed by atoms with Crippen LogP contribution in [0.15, 0.2) is 23.2 Å². The molecular weight excluding hydrogens is 392 g/mol. The van der Waals surface area contributed by atoms with Gasteiger partial charge >= 0.3 is 0 Å². The molecule has 0 saturated carbocycles. The van der Waals surface area contributed by atoms with E-state index < -0.39 is 0 Å². The standard InChI is InChI=1S/C20H26N4O4S/c1-6-24-13(3)10-14(22-24)19(25)21-20-23(8-9-28-7-2)15-11-16(26-4)17(27-5)12-18(15)29-20/h10-12H,6-9H2,1-5H3. The summed E-state index contributed by atoms with van der Waals surface area (Å²) in [6, 6.07) is 5.56. The minimum absolute atomic E-state index is 0.341. The fourth-order valence-corrected chi connectivity index (χ4v) is 4.14. The van der Waals surface area contributed by atoms with Crippen LogP contribution in [-0.4, -0.2) is 47.7 Å². The molecule has 9 heteroatoms. The highest BCUT2D eigenvalue weighted by atomic mass is 32.1. The molecule has 0 aliphatic carbocycles. The van der Waals surface area contributed by atoms with Gasteiger partial charge in [0, 0.05) is 37.5 Å². The summed E-state index contributed by atoms with van der Waals surface area (Å²) in [5, 5.41) is 4.34. The molecule has 0 saturated heterocycles. The number of benzene rings is 1. The molecular formula is C20H26N4O4S. The van der Waals surface area contributed by atoms with Crippen LogP contribution in [-0.2, 0) is 17.8 Å². The smallest absolute Gasteiger partial charge is 0.300 e. The number of ether oxygens (including phenoxy) is 3. The van der Waals surface area contributed by atoms with Gasteiger partial charge in [-0.2, -0.15) is 10.1 Å². The van der Waals surface area contributed by atoms with E-state index in [1.54, 1.807) is 25.0 Å². The summed E-state index contributed by atoms with van der Waals surface area (Å²) in [6.45, 7) is 8.27. The SMILES string of the molecule is CCOCCn1c(=NC(=O)c2cc(C)n(CC)n2)sc2cc(OC)c(OC)cc21. The quantitative estimate of drug-likeness (QED) is 0.526. The van der Waals surface area contributed by atoms with E-state index in [2.05, 4.69) is 10.1 Å². The Morgan fingerprint density at radius 3 is 2.52 bits per heavy atom. The van der Waals surface area contributed by atoms with Crippen molar-refractivity contribution in [3.05, 3.63) is 34.4 Å². The molecule has 0 radical (unpaired) electrons. The molecule has 0 atom stereocenters. The normalized spacial score (nSPS) is 12.0. The van der Waals surface area contributed by atoms with Gasteiger partial charge in [-0.3, -0.25) is 9.48 Å². The lowest BCUT2D eigenvalue weighted by Gasteiger charge is -2.09. The van der Waals surface area contributed by atoms with E-state index in [1.165, 1.54) is 11.3 Å². The third-order valence-electron chi connectivity index (χ3n) is 4.55. The van der Waals surface area contributed by atoms with E-state index in [0.29, 0.717) is 48.3 Å². The fraction of sp³-hybridized carbons (Fsp3) is 0.450. The first-order valence-corrected chi connectivity index (χ1v) is 10.3. The molecule has 3 aromatic rings. The van der Waals surface area contributed by atoms with Crippen molar-refractivity contribution < 1.29 is 19.0 Å². The molecule has 156 valence electrons. The molecule has 0 spiro atoms. The van der Waals surface area contributed by atoms with E-state index in [1.807, 2.05) is 37.5 Å². The maximum absolute atomic E-state index is 12.8. The summed E-state index contributed by atoms with van der Waals surface area (Å²) in [4.78, 5) is 17.7. The van der Waals surface area contributed by atoms with Crippen LogP contribution >= 0.6 is 11.3 Å². The predicted molar refractivity (Wildman–Crippen MR) is 112 cm³/mol. The number of aryl methyl sites for hydroxylation is 2. The Balaban J connectivity index is 2.11. The summed E-state index contributed by atoms with van der Waals surface area (Å²) in [5.74, 6) is 0.891. The van der Waals surface area contributed by atoms with Crippen LogP contribution in [0.2, 0.25) is 0 Å². The van der Waals surface area contributed by atoms with Gasteiger partial charge in [0.25, 0.3) is 5.91 Å². The van der Waals surface area contributed by atoms with E-state index in [0.717, 1.165) is 15.9 Å². The number of carbonyl (C=O) groups excluding carboxylic acids is 1. The highest BCUT2D eigenvalue weighted by Gasteiger charge is 2.15. The minimum atomic E-state index is -0.365. The Bertz CT molecular complexity index is 1080. The Morgan fingerprint density at radius 2 is 1.90 bits per heavy atom. The third-order valence-corrected chi connectivity index (χ3v) is 5.59. The second-order valence-corrected chi connectivity index (χ2v) is 7.32. The molecule has 29 heavy (non-hydrogen) atoms. The maximum Gasteiger partial charge on any atom is 0.300 e. The second-order valence-electron chi connectivity index (χ2n) is 6.31. The van der Waals surface area contributed by atoms with Gasteiger partial charge in [-0.05, 0) is 26.8 Å². The van der Waals surface area contributed by atoms with Gasteiger partial charge in [-0.1, -0.05) is 11.3 Å². The molecule has 1 aromatic carbocycles. The van der Waals surface area contributed by atoms with Gasteiger partial charge in [0.1, 0.15) is 0 Å². The molecule has 3 rings (SSSR count). The maximum atomic E-state index is 12.8. The van der Waals surface area contributed by atoms with Gasteiger partial charge in [-0.25, -0.2) is 0 Å². The van der Waals surface area contributed by atoms with Crippen LogP contribution in [0.5, 0.6) is 11.5 Å². The lowest BCUT2D eigenvalue weighted by Crippen LogP contribution is -2.20. The second kappa shape index (κ2) is 9.23. The largest absolute Gasteiger partial charge is 0.493 e. The van der Waals surface area contributed by atoms with Crippen molar-refractivity contribution in [2.24, 2.45) is 4.99 Å². The summed E-state index contributed by atoms with van der Waals surface area (Å²) in [6.07, 6.45) is 0. The lowest BCUT2D eigenvalue weighted by molar-refractivity contribution is 0.0991. The van der Waals surface area contributed by atoms with Crippen molar-refractivity contribution in [1.29, 1.82) is 0 Å². The first-order chi connectivity index (χ1) is 14.0. The zero-order chi connectivity index (χ0) is 21.0. The van der Waals surface area contributed by atoms with Crippen LogP contribution in [0.4, 0.5) is 0 Å². The predicted octanol–water partition coefficient (Wildman–Crippen LogP) is 3.02.